The van der Waals surface area contributed by atoms with Gasteiger partial charge in [-0.15, -0.1) is 0 Å². The quantitative estimate of drug-likeness (QED) is 0.591. The van der Waals surface area contributed by atoms with Crippen molar-refractivity contribution in [2.75, 3.05) is 43.9 Å². The van der Waals surface area contributed by atoms with Crippen molar-refractivity contribution in [1.29, 1.82) is 0 Å². The first-order valence-electron chi connectivity index (χ1n) is 9.82. The van der Waals surface area contributed by atoms with Gasteiger partial charge in [0.1, 0.15) is 17.2 Å². The van der Waals surface area contributed by atoms with E-state index in [4.69, 9.17) is 0 Å². The van der Waals surface area contributed by atoms with E-state index in [1.54, 1.807) is 38.6 Å². The largest absolute Gasteiger partial charge is 0.344 e. The summed E-state index contributed by atoms with van der Waals surface area (Å²) in [6.07, 6.45) is 3.34. The number of carbonyl (C=O) groups excluding carboxylic acids is 2. The lowest BCUT2D eigenvalue weighted by Crippen LogP contribution is -2.30. The molecule has 0 aromatic carbocycles. The SMILES string of the molecule is CN(C)C(=O)c1cc2cnc(Nc3ccc(N4CC5CNCC5C4=O)cn3)nc2[nH]1. The maximum Gasteiger partial charge on any atom is 0.269 e. The second kappa shape index (κ2) is 7.06. The van der Waals surface area contributed by atoms with Crippen LogP contribution in [-0.4, -0.2) is 70.4 Å². The molecule has 5 rings (SSSR count). The summed E-state index contributed by atoms with van der Waals surface area (Å²) in [5, 5.41) is 7.09. The predicted octanol–water partition coefficient (Wildman–Crippen LogP) is 0.980. The van der Waals surface area contributed by atoms with E-state index in [-0.39, 0.29) is 17.7 Å². The minimum absolute atomic E-state index is 0.0768. The highest BCUT2D eigenvalue weighted by molar-refractivity contribution is 5.98. The molecule has 2 unspecified atom stereocenters. The van der Waals surface area contributed by atoms with Gasteiger partial charge in [-0.2, -0.15) is 4.98 Å². The molecule has 0 saturated carbocycles. The molecule has 5 heterocycles. The normalized spacial score (nSPS) is 20.6. The molecule has 2 atom stereocenters. The molecule has 2 fully saturated rings. The Bertz CT molecular complexity index is 1120. The minimum atomic E-state index is -0.129. The van der Waals surface area contributed by atoms with Crippen LogP contribution in [0.25, 0.3) is 11.0 Å². The number of carbonyl (C=O) groups is 2. The summed E-state index contributed by atoms with van der Waals surface area (Å²) < 4.78 is 0. The van der Waals surface area contributed by atoms with Gasteiger partial charge < -0.3 is 25.4 Å². The zero-order valence-corrected chi connectivity index (χ0v) is 16.7. The molecule has 2 aliphatic heterocycles. The number of nitrogens with one attached hydrogen (secondary N) is 3. The van der Waals surface area contributed by atoms with Crippen molar-refractivity contribution < 1.29 is 9.59 Å². The van der Waals surface area contributed by atoms with E-state index in [1.165, 1.54) is 4.90 Å². The highest BCUT2D eigenvalue weighted by Gasteiger charge is 2.43. The summed E-state index contributed by atoms with van der Waals surface area (Å²) in [4.78, 5) is 44.1. The van der Waals surface area contributed by atoms with Crippen LogP contribution in [0.15, 0.2) is 30.6 Å². The first-order chi connectivity index (χ1) is 14.5. The van der Waals surface area contributed by atoms with E-state index in [0.29, 0.717) is 29.0 Å². The number of rotatable bonds is 4. The zero-order chi connectivity index (χ0) is 20.8. The smallest absolute Gasteiger partial charge is 0.269 e. The van der Waals surface area contributed by atoms with Gasteiger partial charge in [0.05, 0.1) is 17.8 Å². The Kier molecular flexibility index (Phi) is 4.35. The minimum Gasteiger partial charge on any atom is -0.344 e. The molecule has 2 amide bonds. The molecule has 0 radical (unpaired) electrons. The van der Waals surface area contributed by atoms with Crippen LogP contribution >= 0.6 is 0 Å². The van der Waals surface area contributed by atoms with Gasteiger partial charge in [0.15, 0.2) is 0 Å². The molecule has 2 saturated heterocycles. The number of amides is 2. The number of anilines is 3. The first-order valence-corrected chi connectivity index (χ1v) is 9.82. The van der Waals surface area contributed by atoms with Gasteiger partial charge >= 0.3 is 0 Å². The van der Waals surface area contributed by atoms with Gasteiger partial charge in [-0.3, -0.25) is 9.59 Å². The molecular formula is C20H22N8O2. The van der Waals surface area contributed by atoms with Gasteiger partial charge in [-0.1, -0.05) is 0 Å². The molecule has 3 N–H and O–H groups in total. The second-order valence-electron chi connectivity index (χ2n) is 7.88. The third-order valence-electron chi connectivity index (χ3n) is 5.65. The Morgan fingerprint density at radius 2 is 2.10 bits per heavy atom. The number of hydrogen-bond donors (Lipinski definition) is 3. The number of H-pyrrole nitrogens is 1. The van der Waals surface area contributed by atoms with Crippen LogP contribution < -0.4 is 15.5 Å². The van der Waals surface area contributed by atoms with Crippen molar-refractivity contribution in [1.82, 2.24) is 30.2 Å². The van der Waals surface area contributed by atoms with Crippen molar-refractivity contribution >= 4 is 40.3 Å². The molecule has 0 spiro atoms. The Hall–Kier alpha value is -3.53. The number of aromatic amines is 1. The van der Waals surface area contributed by atoms with Crippen LogP contribution in [-0.2, 0) is 4.79 Å². The van der Waals surface area contributed by atoms with E-state index in [0.717, 1.165) is 30.7 Å². The first kappa shape index (κ1) is 18.5. The Labute approximate surface area is 172 Å². The molecule has 10 heteroatoms. The molecule has 30 heavy (non-hydrogen) atoms. The van der Waals surface area contributed by atoms with E-state index >= 15 is 0 Å². The van der Waals surface area contributed by atoms with Gasteiger partial charge in [0.2, 0.25) is 11.9 Å². The zero-order valence-electron chi connectivity index (χ0n) is 16.7. The summed E-state index contributed by atoms with van der Waals surface area (Å²) in [7, 11) is 3.39. The van der Waals surface area contributed by atoms with Crippen molar-refractivity contribution in [3.05, 3.63) is 36.3 Å². The Morgan fingerprint density at radius 1 is 1.23 bits per heavy atom. The van der Waals surface area contributed by atoms with Crippen LogP contribution in [0.2, 0.25) is 0 Å². The van der Waals surface area contributed by atoms with Crippen LogP contribution in [0.3, 0.4) is 0 Å². The van der Waals surface area contributed by atoms with Gasteiger partial charge in [-0.25, -0.2) is 9.97 Å². The van der Waals surface area contributed by atoms with Crippen molar-refractivity contribution in [3.8, 4) is 0 Å². The summed E-state index contributed by atoms with van der Waals surface area (Å²) >= 11 is 0. The average molecular weight is 406 g/mol. The summed E-state index contributed by atoms with van der Waals surface area (Å²) in [6.45, 7) is 2.37. The maximum atomic E-state index is 12.6. The molecule has 3 aromatic rings. The number of aromatic nitrogens is 4. The van der Waals surface area contributed by atoms with Gasteiger partial charge in [0, 0.05) is 51.2 Å². The second-order valence-corrected chi connectivity index (χ2v) is 7.88. The standard InChI is InChI=1S/C20H22N8O2/c1-27(2)19(30)15-5-11-7-23-20(26-17(11)24-15)25-16-4-3-13(8-22-16)28-10-12-6-21-9-14(12)18(28)29/h3-5,7-8,12,14,21H,6,9-10H2,1-2H3,(H2,22,23,24,25,26). The molecule has 10 nitrogen and oxygen atoms in total. The fourth-order valence-corrected chi connectivity index (χ4v) is 4.04. The van der Waals surface area contributed by atoms with Crippen LogP contribution in [0.1, 0.15) is 10.5 Å². The maximum absolute atomic E-state index is 12.6. The number of fused-ring (bicyclic) bond motifs is 2. The molecule has 3 aromatic heterocycles. The lowest BCUT2D eigenvalue weighted by atomic mass is 10.0. The Balaban J connectivity index is 1.31. The summed E-state index contributed by atoms with van der Waals surface area (Å²) in [6, 6.07) is 5.41. The van der Waals surface area contributed by atoms with Crippen LogP contribution in [0.4, 0.5) is 17.5 Å². The molecule has 0 aliphatic carbocycles. The monoisotopic (exact) mass is 406 g/mol. The average Bonchev–Trinajstić information content (AvgIpc) is 3.44. The molecule has 154 valence electrons. The van der Waals surface area contributed by atoms with Crippen molar-refractivity contribution in [2.24, 2.45) is 11.8 Å². The summed E-state index contributed by atoms with van der Waals surface area (Å²) in [5.74, 6) is 1.43. The molecule has 2 aliphatic rings. The van der Waals surface area contributed by atoms with Crippen molar-refractivity contribution in [3.63, 3.8) is 0 Å². The van der Waals surface area contributed by atoms with Crippen LogP contribution in [0.5, 0.6) is 0 Å². The fraction of sp³-hybridized carbons (Fsp3) is 0.350. The van der Waals surface area contributed by atoms with E-state index in [1.807, 2.05) is 11.0 Å². The summed E-state index contributed by atoms with van der Waals surface area (Å²) in [5.41, 5.74) is 1.82. The topological polar surface area (TPSA) is 119 Å². The highest BCUT2D eigenvalue weighted by Crippen LogP contribution is 2.31. The third-order valence-corrected chi connectivity index (χ3v) is 5.65. The Morgan fingerprint density at radius 3 is 2.83 bits per heavy atom. The lowest BCUT2D eigenvalue weighted by Gasteiger charge is -2.17. The van der Waals surface area contributed by atoms with E-state index in [2.05, 4.69) is 30.6 Å². The fourth-order valence-electron chi connectivity index (χ4n) is 4.04. The van der Waals surface area contributed by atoms with Crippen molar-refractivity contribution in [2.45, 2.75) is 0 Å². The van der Waals surface area contributed by atoms with E-state index < -0.39 is 0 Å². The number of pyridine rings is 1. The predicted molar refractivity (Wildman–Crippen MR) is 112 cm³/mol. The lowest BCUT2D eigenvalue weighted by molar-refractivity contribution is -0.120. The number of nitrogens with zero attached hydrogens (tertiary/aromatic N) is 5. The van der Waals surface area contributed by atoms with Crippen LogP contribution in [0, 0.1) is 11.8 Å². The number of hydrogen-bond acceptors (Lipinski definition) is 7. The van der Waals surface area contributed by atoms with Gasteiger partial charge in [0.25, 0.3) is 5.91 Å². The molecule has 0 bridgehead atoms. The van der Waals surface area contributed by atoms with E-state index in [9.17, 15) is 9.59 Å². The molecular weight excluding hydrogens is 384 g/mol. The third kappa shape index (κ3) is 3.14. The highest BCUT2D eigenvalue weighted by atomic mass is 16.2. The van der Waals surface area contributed by atoms with Gasteiger partial charge in [-0.05, 0) is 18.2 Å².